The van der Waals surface area contributed by atoms with Gasteiger partial charge in [-0.1, -0.05) is 0 Å². The molecular weight excluding hydrogens is 288 g/mol. The Morgan fingerprint density at radius 2 is 0.308 bits per heavy atom. The van der Waals surface area contributed by atoms with Gasteiger partial charge in [-0.05, 0) is 0 Å². The first kappa shape index (κ1) is 51.1. The van der Waals surface area contributed by atoms with E-state index in [1.807, 2.05) is 0 Å². The van der Waals surface area contributed by atoms with Crippen LogP contribution in [-0.4, -0.2) is 31.5 Å². The SMILES string of the molecule is [Mo+6].[O-]O.[O-]O.[O-]O.[O-]O.[O-]O.[O-]O. The molecule has 0 aliphatic carbocycles. The standard InChI is InChI=1S/Mo.6H2O2/c;6*1-2/h;6*1-2H/q+6;;;;;;/p-6. The molecule has 0 radical (unpaired) electrons. The van der Waals surface area contributed by atoms with Crippen LogP contribution in [0.1, 0.15) is 0 Å². The molecule has 0 heterocycles. The molecule has 0 aromatic rings. The summed E-state index contributed by atoms with van der Waals surface area (Å²) in [6.45, 7) is 0. The third kappa shape index (κ3) is 29300. The Morgan fingerprint density at radius 3 is 0.308 bits per heavy atom. The summed E-state index contributed by atoms with van der Waals surface area (Å²) in [5.41, 5.74) is 0. The number of hydrogen-bond acceptors (Lipinski definition) is 12. The first-order valence-corrected chi connectivity index (χ1v) is 1.10. The maximum Gasteiger partial charge on any atom is 6.00 e. The average molecular weight is 294 g/mol. The van der Waals surface area contributed by atoms with Crippen molar-refractivity contribution >= 4 is 0 Å². The summed E-state index contributed by atoms with van der Waals surface area (Å²) in [6.07, 6.45) is 0. The van der Waals surface area contributed by atoms with Crippen LogP contribution < -0.4 is 31.5 Å². The van der Waals surface area contributed by atoms with Crippen molar-refractivity contribution in [1.82, 2.24) is 0 Å². The van der Waals surface area contributed by atoms with E-state index in [1.54, 1.807) is 0 Å². The predicted octanol–water partition coefficient (Wildman–Crippen LogP) is -7.08. The summed E-state index contributed by atoms with van der Waals surface area (Å²) >= 11 is 0. The van der Waals surface area contributed by atoms with Gasteiger partial charge in [-0.2, -0.15) is 0 Å². The van der Waals surface area contributed by atoms with Gasteiger partial charge in [0.05, 0.1) is 0 Å². The number of rotatable bonds is 0. The Hall–Kier alpha value is 0.208. The average Bonchev–Trinajstić information content (AvgIpc) is 2.33. The third-order valence-corrected chi connectivity index (χ3v) is 0. The second-order valence-corrected chi connectivity index (χ2v) is 0. The molecule has 0 saturated carbocycles. The fourth-order valence-electron chi connectivity index (χ4n) is 0. The third-order valence-electron chi connectivity index (χ3n) is 0. The van der Waals surface area contributed by atoms with Crippen LogP contribution in [0, 0.1) is 0 Å². The van der Waals surface area contributed by atoms with Crippen LogP contribution in [-0.2, 0) is 21.1 Å². The number of hydrogen-bond donors (Lipinski definition) is 6. The van der Waals surface area contributed by atoms with Gasteiger partial charge < -0.3 is 63.1 Å². The summed E-state index contributed by atoms with van der Waals surface area (Å²) < 4.78 is 0. The fourth-order valence-corrected chi connectivity index (χ4v) is 0. The molecule has 0 rings (SSSR count). The van der Waals surface area contributed by atoms with E-state index in [-0.39, 0.29) is 21.1 Å². The molecule has 0 fully saturated rings. The molecule has 13 heavy (non-hydrogen) atoms. The molecule has 0 aliphatic heterocycles. The van der Waals surface area contributed by atoms with E-state index in [4.69, 9.17) is 63.1 Å². The van der Waals surface area contributed by atoms with E-state index in [0.29, 0.717) is 0 Å². The summed E-state index contributed by atoms with van der Waals surface area (Å²) in [5, 5.41) is 78.0. The van der Waals surface area contributed by atoms with Crippen LogP contribution >= 0.6 is 0 Å². The van der Waals surface area contributed by atoms with Crippen LogP contribution in [0.4, 0.5) is 0 Å². The normalized spacial score (nSPS) is 2.77. The van der Waals surface area contributed by atoms with Crippen molar-refractivity contribution in [2.75, 3.05) is 0 Å². The van der Waals surface area contributed by atoms with Gasteiger partial charge in [0.25, 0.3) is 0 Å². The molecule has 6 N–H and O–H groups in total. The Bertz CT molecular complexity index is 5.09. The van der Waals surface area contributed by atoms with E-state index < -0.39 is 0 Å². The van der Waals surface area contributed by atoms with Crippen molar-refractivity contribution in [2.24, 2.45) is 0 Å². The molecule has 0 aliphatic rings. The van der Waals surface area contributed by atoms with E-state index >= 15 is 0 Å². The van der Waals surface area contributed by atoms with Crippen LogP contribution in [0.15, 0.2) is 0 Å². The molecular formula is H6MoO12. The van der Waals surface area contributed by atoms with E-state index in [9.17, 15) is 0 Å². The molecule has 0 aromatic heterocycles. The predicted molar refractivity (Wildman–Crippen MR) is 15.8 cm³/mol. The summed E-state index contributed by atoms with van der Waals surface area (Å²) in [6, 6.07) is 0. The molecule has 0 saturated heterocycles. The van der Waals surface area contributed by atoms with Crippen molar-refractivity contribution in [3.8, 4) is 0 Å². The van der Waals surface area contributed by atoms with Gasteiger partial charge >= 0.3 is 21.1 Å². The van der Waals surface area contributed by atoms with Gasteiger partial charge in [-0.25, -0.2) is 0 Å². The molecule has 0 spiro atoms. The maximum atomic E-state index is 7.25. The molecule has 0 amide bonds. The van der Waals surface area contributed by atoms with Crippen LogP contribution in [0.5, 0.6) is 0 Å². The van der Waals surface area contributed by atoms with Crippen molar-refractivity contribution in [1.29, 1.82) is 0 Å². The quantitative estimate of drug-likeness (QED) is 0.138. The van der Waals surface area contributed by atoms with E-state index in [2.05, 4.69) is 0 Å². The fraction of sp³-hybridized carbons (Fsp3) is 0. The second-order valence-electron chi connectivity index (χ2n) is 0. The van der Waals surface area contributed by atoms with Crippen molar-refractivity contribution in [3.05, 3.63) is 0 Å². The Morgan fingerprint density at radius 1 is 0.308 bits per heavy atom. The summed E-state index contributed by atoms with van der Waals surface area (Å²) in [5.74, 6) is 0. The Kier molecular flexibility index (Phi) is 139000. The largest absolute Gasteiger partial charge is 6.00 e. The zero-order valence-electron chi connectivity index (χ0n) is 5.54. The molecule has 0 unspecified atom stereocenters. The monoisotopic (exact) mass is 296 g/mol. The van der Waals surface area contributed by atoms with Gasteiger partial charge in [0.1, 0.15) is 0 Å². The molecule has 13 heteroatoms. The van der Waals surface area contributed by atoms with Crippen molar-refractivity contribution in [2.45, 2.75) is 0 Å². The molecule has 0 aromatic carbocycles. The smallest absolute Gasteiger partial charge is 0.727 e. The zero-order chi connectivity index (χ0) is 12.0. The van der Waals surface area contributed by atoms with E-state index in [1.165, 1.54) is 0 Å². The van der Waals surface area contributed by atoms with Gasteiger partial charge in [-0.15, -0.1) is 0 Å². The second kappa shape index (κ2) is 35300. The molecule has 84 valence electrons. The molecule has 0 atom stereocenters. The first-order chi connectivity index (χ1) is 6.00. The van der Waals surface area contributed by atoms with Gasteiger partial charge in [0, 0.05) is 0 Å². The minimum Gasteiger partial charge on any atom is -0.727 e. The maximum absolute atomic E-state index is 7.25. The van der Waals surface area contributed by atoms with Crippen molar-refractivity contribution in [3.63, 3.8) is 0 Å². The van der Waals surface area contributed by atoms with Gasteiger partial charge in [0.2, 0.25) is 0 Å². The Balaban J connectivity index is -0.00000000655. The van der Waals surface area contributed by atoms with Gasteiger partial charge in [-0.3, -0.25) is 0 Å². The topological polar surface area (TPSA) is 260 Å². The van der Waals surface area contributed by atoms with Crippen LogP contribution in [0.25, 0.3) is 0 Å². The summed E-state index contributed by atoms with van der Waals surface area (Å²) in [7, 11) is 0. The van der Waals surface area contributed by atoms with Crippen molar-refractivity contribution < 1.29 is 84.2 Å². The van der Waals surface area contributed by atoms with Gasteiger partial charge in [0.15, 0.2) is 0 Å². The summed E-state index contributed by atoms with van der Waals surface area (Å²) in [4.78, 5) is 0. The molecule has 12 nitrogen and oxygen atoms in total. The minimum absolute atomic E-state index is 0. The minimum atomic E-state index is 0. The van der Waals surface area contributed by atoms with Crippen LogP contribution in [0.2, 0.25) is 0 Å². The Labute approximate surface area is 84.9 Å². The zero-order valence-corrected chi connectivity index (χ0v) is 7.55. The first-order valence-electron chi connectivity index (χ1n) is 1.10. The molecule has 0 bridgehead atoms. The van der Waals surface area contributed by atoms with Crippen LogP contribution in [0.3, 0.4) is 0 Å². The van der Waals surface area contributed by atoms with E-state index in [0.717, 1.165) is 0 Å².